The molecule has 8 nitrogen and oxygen atoms in total. The van der Waals surface area contributed by atoms with Crippen LogP contribution in [0.15, 0.2) is 22.8 Å². The van der Waals surface area contributed by atoms with Crippen LogP contribution in [0.4, 0.5) is 4.79 Å². The zero-order valence-corrected chi connectivity index (χ0v) is 13.7. The van der Waals surface area contributed by atoms with Crippen LogP contribution < -0.4 is 5.32 Å². The second-order valence-corrected chi connectivity index (χ2v) is 5.66. The number of ether oxygens (including phenoxy) is 3. The molecule has 0 saturated heterocycles. The smallest absolute Gasteiger partial charge is 0.408 e. The molecule has 0 spiro atoms. The Morgan fingerprint density at radius 3 is 2.09 bits per heavy atom. The van der Waals surface area contributed by atoms with Gasteiger partial charge < -0.3 is 23.9 Å². The highest BCUT2D eigenvalue weighted by Gasteiger charge is 2.41. The second kappa shape index (κ2) is 7.66. The van der Waals surface area contributed by atoms with Crippen LogP contribution in [0.25, 0.3) is 0 Å². The molecule has 0 aliphatic carbocycles. The maximum Gasteiger partial charge on any atom is 0.408 e. The summed E-state index contributed by atoms with van der Waals surface area (Å²) in [5, 5.41) is 2.45. The highest BCUT2D eigenvalue weighted by Crippen LogP contribution is 2.26. The summed E-state index contributed by atoms with van der Waals surface area (Å²) in [6, 6.07) is 1.95. The van der Waals surface area contributed by atoms with Gasteiger partial charge in [0.05, 0.1) is 20.5 Å². The molecular formula is C15H21NO7. The average molecular weight is 327 g/mol. The maximum absolute atomic E-state index is 12.0. The average Bonchev–Trinajstić information content (AvgIpc) is 2.97. The molecule has 0 saturated carbocycles. The summed E-state index contributed by atoms with van der Waals surface area (Å²) in [7, 11) is 2.26. The van der Waals surface area contributed by atoms with E-state index in [2.05, 4.69) is 14.8 Å². The Balaban J connectivity index is 3.11. The fourth-order valence-electron chi connectivity index (χ4n) is 1.84. The molecule has 0 radical (unpaired) electrons. The van der Waals surface area contributed by atoms with E-state index in [0.717, 1.165) is 14.2 Å². The first-order valence-electron chi connectivity index (χ1n) is 6.88. The maximum atomic E-state index is 12.0. The lowest BCUT2D eigenvalue weighted by molar-refractivity contribution is -0.160. The number of amides is 1. The number of hydrogen-bond donors (Lipinski definition) is 1. The van der Waals surface area contributed by atoms with Crippen molar-refractivity contribution < 1.29 is 33.0 Å². The first kappa shape index (κ1) is 18.5. The SMILES string of the molecule is COC(=O)C(C(=O)OC)[C@@H](NC(=O)OC(C)(C)C)c1ccco1. The normalized spacial score (nSPS) is 12.4. The second-order valence-electron chi connectivity index (χ2n) is 5.66. The Labute approximate surface area is 134 Å². The lowest BCUT2D eigenvalue weighted by Gasteiger charge is -2.25. The topological polar surface area (TPSA) is 104 Å². The van der Waals surface area contributed by atoms with E-state index in [4.69, 9.17) is 9.15 Å². The van der Waals surface area contributed by atoms with Crippen molar-refractivity contribution >= 4 is 18.0 Å². The van der Waals surface area contributed by atoms with E-state index in [9.17, 15) is 14.4 Å². The lowest BCUT2D eigenvalue weighted by atomic mass is 9.97. The summed E-state index contributed by atoms with van der Waals surface area (Å²) >= 11 is 0. The highest BCUT2D eigenvalue weighted by molar-refractivity contribution is 5.96. The Kier molecular flexibility index (Phi) is 6.18. The zero-order chi connectivity index (χ0) is 17.6. The van der Waals surface area contributed by atoms with Crippen molar-refractivity contribution in [3.63, 3.8) is 0 Å². The monoisotopic (exact) mass is 327 g/mol. The predicted molar refractivity (Wildman–Crippen MR) is 78.3 cm³/mol. The van der Waals surface area contributed by atoms with Crippen LogP contribution in [-0.4, -0.2) is 37.9 Å². The number of nitrogens with one attached hydrogen (secondary N) is 1. The molecule has 0 bridgehead atoms. The number of hydrogen-bond acceptors (Lipinski definition) is 7. The molecule has 1 amide bonds. The zero-order valence-electron chi connectivity index (χ0n) is 13.7. The molecule has 0 fully saturated rings. The molecule has 1 heterocycles. The van der Waals surface area contributed by atoms with Gasteiger partial charge >= 0.3 is 18.0 Å². The van der Waals surface area contributed by atoms with E-state index >= 15 is 0 Å². The van der Waals surface area contributed by atoms with E-state index in [-0.39, 0.29) is 5.76 Å². The highest BCUT2D eigenvalue weighted by atomic mass is 16.6. The molecule has 0 aliphatic heterocycles. The van der Waals surface area contributed by atoms with Crippen molar-refractivity contribution in [1.82, 2.24) is 5.32 Å². The number of esters is 2. The molecule has 1 atom stereocenters. The van der Waals surface area contributed by atoms with Gasteiger partial charge in [-0.3, -0.25) is 9.59 Å². The van der Waals surface area contributed by atoms with Crippen LogP contribution in [0, 0.1) is 5.92 Å². The Morgan fingerprint density at radius 2 is 1.70 bits per heavy atom. The molecular weight excluding hydrogens is 306 g/mol. The van der Waals surface area contributed by atoms with Crippen molar-refractivity contribution in [3.8, 4) is 0 Å². The van der Waals surface area contributed by atoms with Gasteiger partial charge in [-0.2, -0.15) is 0 Å². The first-order chi connectivity index (χ1) is 10.7. The number of rotatable bonds is 5. The first-order valence-corrected chi connectivity index (χ1v) is 6.88. The van der Waals surface area contributed by atoms with E-state index in [1.54, 1.807) is 26.8 Å². The third-order valence-electron chi connectivity index (χ3n) is 2.77. The van der Waals surface area contributed by atoms with Crippen LogP contribution in [0.5, 0.6) is 0 Å². The lowest BCUT2D eigenvalue weighted by Crippen LogP contribution is -2.43. The Hall–Kier alpha value is -2.51. The summed E-state index contributed by atoms with van der Waals surface area (Å²) < 4.78 is 19.6. The van der Waals surface area contributed by atoms with E-state index < -0.39 is 35.6 Å². The molecule has 0 aliphatic rings. The molecule has 8 heteroatoms. The minimum atomic E-state index is -1.43. The fourth-order valence-corrected chi connectivity index (χ4v) is 1.84. The minimum absolute atomic E-state index is 0.191. The Morgan fingerprint density at radius 1 is 1.13 bits per heavy atom. The molecule has 0 unspecified atom stereocenters. The van der Waals surface area contributed by atoms with Gasteiger partial charge in [0.25, 0.3) is 0 Å². The number of methoxy groups -OCH3 is 2. The fraction of sp³-hybridized carbons (Fsp3) is 0.533. The molecule has 1 N–H and O–H groups in total. The molecule has 23 heavy (non-hydrogen) atoms. The summed E-state index contributed by atoms with van der Waals surface area (Å²) in [5.41, 5.74) is -0.746. The molecule has 1 aromatic rings. The van der Waals surface area contributed by atoms with Crippen molar-refractivity contribution in [2.24, 2.45) is 5.92 Å². The van der Waals surface area contributed by atoms with Crippen molar-refractivity contribution in [3.05, 3.63) is 24.2 Å². The largest absolute Gasteiger partial charge is 0.468 e. The van der Waals surface area contributed by atoms with Crippen LogP contribution in [0.1, 0.15) is 32.6 Å². The van der Waals surface area contributed by atoms with Gasteiger partial charge in [-0.25, -0.2) is 4.79 Å². The van der Waals surface area contributed by atoms with Gasteiger partial charge in [-0.05, 0) is 32.9 Å². The van der Waals surface area contributed by atoms with Gasteiger partial charge in [0.15, 0.2) is 5.92 Å². The van der Waals surface area contributed by atoms with Crippen LogP contribution in [0.2, 0.25) is 0 Å². The summed E-state index contributed by atoms with van der Waals surface area (Å²) in [6.07, 6.45) is 0.543. The summed E-state index contributed by atoms with van der Waals surface area (Å²) in [5.74, 6) is -2.97. The van der Waals surface area contributed by atoms with Gasteiger partial charge in [-0.15, -0.1) is 0 Å². The van der Waals surface area contributed by atoms with E-state index in [1.807, 2.05) is 0 Å². The standard InChI is InChI=1S/C15H21NO7/c1-15(2,3)23-14(19)16-11(9-7-6-8-22-9)10(12(17)20-4)13(18)21-5/h6-8,10-11H,1-5H3,(H,16,19)/t11-/m0/s1. The van der Waals surface area contributed by atoms with Crippen molar-refractivity contribution in [2.75, 3.05) is 14.2 Å². The Bertz CT molecular complexity index is 529. The number of alkyl carbamates (subject to hydrolysis) is 1. The van der Waals surface area contributed by atoms with Gasteiger partial charge in [0, 0.05) is 0 Å². The van der Waals surface area contributed by atoms with Crippen LogP contribution >= 0.6 is 0 Å². The quantitative estimate of drug-likeness (QED) is 0.499. The van der Waals surface area contributed by atoms with Crippen LogP contribution in [0.3, 0.4) is 0 Å². The predicted octanol–water partition coefficient (Wildman–Crippen LogP) is 1.81. The summed E-state index contributed by atoms with van der Waals surface area (Å²) in [6.45, 7) is 5.06. The molecule has 128 valence electrons. The number of carbonyl (C=O) groups is 3. The third-order valence-corrected chi connectivity index (χ3v) is 2.77. The van der Waals surface area contributed by atoms with Crippen molar-refractivity contribution in [2.45, 2.75) is 32.4 Å². The van der Waals surface area contributed by atoms with Gasteiger partial charge in [0.2, 0.25) is 0 Å². The molecule has 1 rings (SSSR count). The molecule has 0 aromatic carbocycles. The van der Waals surface area contributed by atoms with Crippen molar-refractivity contribution in [1.29, 1.82) is 0 Å². The molecule has 1 aromatic heterocycles. The minimum Gasteiger partial charge on any atom is -0.468 e. The third kappa shape index (κ3) is 5.32. The number of furan rings is 1. The van der Waals surface area contributed by atoms with Gasteiger partial charge in [0.1, 0.15) is 17.4 Å². The van der Waals surface area contributed by atoms with E-state index in [1.165, 1.54) is 12.3 Å². The number of carbonyl (C=O) groups excluding carboxylic acids is 3. The van der Waals surface area contributed by atoms with Crippen LogP contribution in [-0.2, 0) is 23.8 Å². The summed E-state index contributed by atoms with van der Waals surface area (Å²) in [4.78, 5) is 35.9. The van der Waals surface area contributed by atoms with E-state index in [0.29, 0.717) is 0 Å². The van der Waals surface area contributed by atoms with Gasteiger partial charge in [-0.1, -0.05) is 0 Å².